The van der Waals surface area contributed by atoms with Crippen LogP contribution in [0.3, 0.4) is 0 Å². The number of rotatable bonds is 9. The van der Waals surface area contributed by atoms with Crippen molar-refractivity contribution in [2.75, 3.05) is 26.4 Å². The second-order valence-electron chi connectivity index (χ2n) is 4.84. The molecule has 0 bridgehead atoms. The van der Waals surface area contributed by atoms with Crippen molar-refractivity contribution >= 4 is 29.8 Å². The Morgan fingerprint density at radius 2 is 0.529 bits per heavy atom. The fourth-order valence-corrected chi connectivity index (χ4v) is 0.300. The molecular weight excluding hydrogens is 464 g/mol. The third kappa shape index (κ3) is 63.0. The maximum absolute atomic E-state index is 9.25. The summed E-state index contributed by atoms with van der Waals surface area (Å²) in [4.78, 5) is 46.2. The number of carbonyl (C=O) groups is 5. The summed E-state index contributed by atoms with van der Waals surface area (Å²) in [5.41, 5.74) is -1.11. The molecule has 0 amide bonds. The fourth-order valence-electron chi connectivity index (χ4n) is 0.300. The quantitative estimate of drug-likeness (QED) is 0.177. The van der Waals surface area contributed by atoms with Gasteiger partial charge in [0, 0.05) is 30.4 Å². The largest absolute Gasteiger partial charge is 0.478 e. The van der Waals surface area contributed by atoms with E-state index < -0.39 is 61.7 Å². The number of hydrogen-bond donors (Lipinski definition) is 9. The summed E-state index contributed by atoms with van der Waals surface area (Å²) in [5.74, 6) is -4.91. The maximum atomic E-state index is 9.25. The summed E-state index contributed by atoms with van der Waals surface area (Å²) in [6.07, 6.45) is 4.17. The van der Waals surface area contributed by atoms with Gasteiger partial charge in [-0.05, 0) is 0 Å². The molecule has 196 valence electrons. The van der Waals surface area contributed by atoms with E-state index in [0.29, 0.717) is 0 Å². The zero-order valence-corrected chi connectivity index (χ0v) is 18.3. The van der Waals surface area contributed by atoms with Crippen molar-refractivity contribution in [1.82, 2.24) is 0 Å². The van der Waals surface area contributed by atoms with Crippen LogP contribution in [-0.4, -0.2) is 102 Å². The van der Waals surface area contributed by atoms with E-state index in [1.807, 2.05) is 0 Å². The molecule has 0 aromatic heterocycles. The van der Waals surface area contributed by atoms with E-state index in [0.717, 1.165) is 30.4 Å². The second-order valence-corrected chi connectivity index (χ2v) is 4.84. The molecule has 0 spiro atoms. The average Bonchev–Trinajstić information content (AvgIpc) is 2.82. The Morgan fingerprint density at radius 3 is 0.529 bits per heavy atom. The summed E-state index contributed by atoms with van der Waals surface area (Å²) in [6.45, 7) is 13.2. The number of aliphatic hydroxyl groups excluding tert-OH is 4. The topological polar surface area (TPSA) is 267 Å². The Balaban J connectivity index is -0.0000000707. The fraction of sp³-hybridized carbons (Fsp3) is 0.250. The molecule has 0 atom stereocenters. The molecule has 0 aromatic rings. The van der Waals surface area contributed by atoms with Crippen LogP contribution in [0.4, 0.5) is 0 Å². The molecule has 34 heavy (non-hydrogen) atoms. The molecule has 0 aliphatic carbocycles. The minimum Gasteiger partial charge on any atom is -0.478 e. The highest BCUT2D eigenvalue weighted by Gasteiger charge is 2.26. The first-order chi connectivity index (χ1) is 15.6. The third-order valence-electron chi connectivity index (χ3n) is 2.21. The van der Waals surface area contributed by atoms with Gasteiger partial charge in [-0.15, -0.1) is 0 Å². The van der Waals surface area contributed by atoms with Gasteiger partial charge in [0.25, 0.3) is 0 Å². The Hall–Kier alpha value is -4.11. The molecular formula is C20H32O14. The molecule has 9 N–H and O–H groups in total. The zero-order chi connectivity index (χ0) is 28.8. The van der Waals surface area contributed by atoms with Gasteiger partial charge < -0.3 is 46.0 Å². The van der Waals surface area contributed by atoms with Gasteiger partial charge >= 0.3 is 29.8 Å². The molecule has 0 fully saturated rings. The van der Waals surface area contributed by atoms with E-state index in [1.54, 1.807) is 0 Å². The van der Waals surface area contributed by atoms with Crippen LogP contribution in [0.1, 0.15) is 0 Å². The summed E-state index contributed by atoms with van der Waals surface area (Å²) >= 11 is 0. The van der Waals surface area contributed by atoms with E-state index in [4.69, 9.17) is 46.0 Å². The molecule has 0 aliphatic rings. The van der Waals surface area contributed by atoms with Crippen LogP contribution >= 0.6 is 0 Å². The number of aliphatic carboxylic acids is 5. The predicted molar refractivity (Wildman–Crippen MR) is 120 cm³/mol. The highest BCUT2D eigenvalue weighted by molar-refractivity contribution is 5.80. The van der Waals surface area contributed by atoms with Gasteiger partial charge in [-0.1, -0.05) is 32.9 Å². The smallest absolute Gasteiger partial charge is 0.327 e. The molecule has 0 saturated heterocycles. The lowest BCUT2D eigenvalue weighted by Crippen LogP contribution is -2.37. The lowest BCUT2D eigenvalue weighted by Gasteiger charge is -2.23. The lowest BCUT2D eigenvalue weighted by molar-refractivity contribution is -0.132. The van der Waals surface area contributed by atoms with Crippen molar-refractivity contribution in [3.8, 4) is 0 Å². The van der Waals surface area contributed by atoms with Gasteiger partial charge in [0.15, 0.2) is 0 Å². The van der Waals surface area contributed by atoms with Crippen molar-refractivity contribution < 1.29 is 69.9 Å². The first kappa shape index (κ1) is 43.7. The Kier molecular flexibility index (Phi) is 43.1. The number of hydrogen-bond acceptors (Lipinski definition) is 9. The summed E-state index contributed by atoms with van der Waals surface area (Å²) < 4.78 is 0. The molecule has 0 aliphatic heterocycles. The number of aliphatic hydroxyl groups is 4. The van der Waals surface area contributed by atoms with E-state index in [9.17, 15) is 24.0 Å². The predicted octanol–water partition coefficient (Wildman–Crippen LogP) is -0.773. The minimum atomic E-state index is -1.11. The van der Waals surface area contributed by atoms with E-state index in [-0.39, 0.29) is 0 Å². The molecule has 0 heterocycles. The molecule has 14 heteroatoms. The van der Waals surface area contributed by atoms with Gasteiger partial charge in [0.05, 0.1) is 31.8 Å². The third-order valence-corrected chi connectivity index (χ3v) is 2.21. The summed E-state index contributed by atoms with van der Waals surface area (Å²) in [7, 11) is 0. The van der Waals surface area contributed by atoms with Crippen LogP contribution in [0.15, 0.2) is 63.3 Å². The summed E-state index contributed by atoms with van der Waals surface area (Å²) in [6, 6.07) is 0. The molecule has 14 nitrogen and oxygen atoms in total. The van der Waals surface area contributed by atoms with Crippen molar-refractivity contribution in [3.63, 3.8) is 0 Å². The Morgan fingerprint density at radius 1 is 0.441 bits per heavy atom. The zero-order valence-electron chi connectivity index (χ0n) is 18.3. The summed E-state index contributed by atoms with van der Waals surface area (Å²) in [5, 5.41) is 72.0. The highest BCUT2D eigenvalue weighted by atomic mass is 16.4. The van der Waals surface area contributed by atoms with Gasteiger partial charge in [0.1, 0.15) is 0 Å². The molecule has 0 aromatic carbocycles. The highest BCUT2D eigenvalue weighted by Crippen LogP contribution is 2.11. The molecule has 0 radical (unpaired) electrons. The van der Waals surface area contributed by atoms with E-state index >= 15 is 0 Å². The Bertz CT molecular complexity index is 511. The van der Waals surface area contributed by atoms with Crippen LogP contribution in [0, 0.1) is 5.41 Å². The first-order valence-electron chi connectivity index (χ1n) is 8.30. The van der Waals surface area contributed by atoms with Crippen molar-refractivity contribution in [3.05, 3.63) is 63.3 Å². The van der Waals surface area contributed by atoms with E-state index in [1.165, 1.54) is 0 Å². The Labute approximate surface area is 195 Å². The number of carboxylic acid groups (broad SMARTS) is 5. The first-order valence-corrected chi connectivity index (χ1v) is 8.30. The van der Waals surface area contributed by atoms with Crippen LogP contribution < -0.4 is 0 Å². The maximum Gasteiger partial charge on any atom is 0.327 e. The standard InChI is InChI=1S/C5H12O4.5C3H4O2/c6-1-5(2-7,3-8)4-9;5*1-2-3(4)5/h6-9H,1-4H2;5*2H,1H2,(H,4,5). The van der Waals surface area contributed by atoms with Crippen molar-refractivity contribution in [1.29, 1.82) is 0 Å². The average molecular weight is 496 g/mol. The van der Waals surface area contributed by atoms with Crippen LogP contribution in [-0.2, 0) is 24.0 Å². The lowest BCUT2D eigenvalue weighted by atomic mass is 9.93. The normalized spacial score (nSPS) is 7.88. The van der Waals surface area contributed by atoms with Crippen LogP contribution in [0.2, 0.25) is 0 Å². The van der Waals surface area contributed by atoms with E-state index in [2.05, 4.69) is 32.9 Å². The SMILES string of the molecule is C=CC(=O)O.C=CC(=O)O.C=CC(=O)O.C=CC(=O)O.C=CC(=O)O.OCC(CO)(CO)CO. The van der Waals surface area contributed by atoms with Crippen molar-refractivity contribution in [2.45, 2.75) is 0 Å². The van der Waals surface area contributed by atoms with Gasteiger partial charge in [-0.3, -0.25) is 0 Å². The second kappa shape index (κ2) is 33.5. The van der Waals surface area contributed by atoms with Gasteiger partial charge in [-0.2, -0.15) is 0 Å². The minimum absolute atomic E-state index is 0.406. The monoisotopic (exact) mass is 496 g/mol. The molecule has 0 rings (SSSR count). The van der Waals surface area contributed by atoms with Crippen LogP contribution in [0.25, 0.3) is 0 Å². The van der Waals surface area contributed by atoms with Gasteiger partial charge in [0.2, 0.25) is 0 Å². The van der Waals surface area contributed by atoms with Crippen molar-refractivity contribution in [2.24, 2.45) is 5.41 Å². The number of carboxylic acids is 5. The van der Waals surface area contributed by atoms with Crippen LogP contribution in [0.5, 0.6) is 0 Å². The van der Waals surface area contributed by atoms with Gasteiger partial charge in [-0.25, -0.2) is 24.0 Å². The molecule has 0 saturated carbocycles. The molecule has 0 unspecified atom stereocenters.